The number of carbonyl (C=O) groups is 1. The number of amides is 1. The molecule has 1 amide bonds. The van der Waals surface area contributed by atoms with Gasteiger partial charge in [0.2, 0.25) is 15.9 Å². The molecule has 1 heterocycles. The zero-order chi connectivity index (χ0) is 15.5. The third-order valence-corrected chi connectivity index (χ3v) is 6.22. The van der Waals surface area contributed by atoms with Crippen LogP contribution in [0.25, 0.3) is 0 Å². The molecular formula is C14H17BrN2O3S. The summed E-state index contributed by atoms with van der Waals surface area (Å²) in [5.41, 5.74) is 0. The minimum atomic E-state index is -3.52. The molecule has 0 radical (unpaired) electrons. The molecule has 114 valence electrons. The second-order valence-corrected chi connectivity index (χ2v) is 7.42. The van der Waals surface area contributed by atoms with Crippen LogP contribution in [-0.4, -0.2) is 49.7 Å². The standard InChI is InChI=1S/C14H17BrN2O3S/c1-2-5-14(18)16-8-10-17(11-9-16)21(19,20)13-7-4-3-6-12(13)15/h2-7H,8-11H2,1H3/b5-2+. The topological polar surface area (TPSA) is 57.7 Å². The minimum absolute atomic E-state index is 0.0737. The molecule has 0 aromatic heterocycles. The lowest BCUT2D eigenvalue weighted by Crippen LogP contribution is -2.50. The van der Waals surface area contributed by atoms with Gasteiger partial charge in [0.25, 0.3) is 0 Å². The van der Waals surface area contributed by atoms with Gasteiger partial charge < -0.3 is 4.90 Å². The summed E-state index contributed by atoms with van der Waals surface area (Å²) >= 11 is 3.27. The van der Waals surface area contributed by atoms with Gasteiger partial charge >= 0.3 is 0 Å². The highest BCUT2D eigenvalue weighted by Gasteiger charge is 2.30. The predicted octanol–water partition coefficient (Wildman–Crippen LogP) is 1.86. The Labute approximate surface area is 133 Å². The van der Waals surface area contributed by atoms with Crippen LogP contribution in [0, 0.1) is 0 Å². The van der Waals surface area contributed by atoms with E-state index < -0.39 is 10.0 Å². The van der Waals surface area contributed by atoms with Crippen molar-refractivity contribution in [3.63, 3.8) is 0 Å². The summed E-state index contributed by atoms with van der Waals surface area (Å²) in [5, 5.41) is 0. The maximum atomic E-state index is 12.6. The van der Waals surface area contributed by atoms with E-state index >= 15 is 0 Å². The van der Waals surface area contributed by atoms with Gasteiger partial charge in [-0.3, -0.25) is 4.79 Å². The second-order valence-electron chi connectivity index (χ2n) is 4.66. The molecular weight excluding hydrogens is 356 g/mol. The molecule has 5 nitrogen and oxygen atoms in total. The van der Waals surface area contributed by atoms with Crippen LogP contribution in [-0.2, 0) is 14.8 Å². The first-order valence-corrected chi connectivity index (χ1v) is 8.86. The lowest BCUT2D eigenvalue weighted by atomic mass is 10.3. The van der Waals surface area contributed by atoms with Crippen molar-refractivity contribution in [1.29, 1.82) is 0 Å². The Morgan fingerprint density at radius 2 is 1.81 bits per heavy atom. The highest BCUT2D eigenvalue weighted by atomic mass is 79.9. The number of halogens is 1. The quantitative estimate of drug-likeness (QED) is 0.760. The molecule has 0 N–H and O–H groups in total. The number of benzene rings is 1. The van der Waals surface area contributed by atoms with Gasteiger partial charge in [0, 0.05) is 30.7 Å². The Morgan fingerprint density at radius 3 is 2.38 bits per heavy atom. The molecule has 0 saturated carbocycles. The average molecular weight is 373 g/mol. The third kappa shape index (κ3) is 3.53. The van der Waals surface area contributed by atoms with E-state index in [2.05, 4.69) is 15.9 Å². The summed E-state index contributed by atoms with van der Waals surface area (Å²) in [7, 11) is -3.52. The number of hydrogen-bond donors (Lipinski definition) is 0. The molecule has 2 rings (SSSR count). The van der Waals surface area contributed by atoms with Crippen LogP contribution < -0.4 is 0 Å². The van der Waals surface area contributed by atoms with Crippen LogP contribution in [0.15, 0.2) is 45.8 Å². The summed E-state index contributed by atoms with van der Waals surface area (Å²) in [6.45, 7) is 3.23. The van der Waals surface area contributed by atoms with Crippen molar-refractivity contribution in [1.82, 2.24) is 9.21 Å². The predicted molar refractivity (Wildman–Crippen MR) is 84.3 cm³/mol. The monoisotopic (exact) mass is 372 g/mol. The number of piperazine rings is 1. The Bertz CT molecular complexity index is 650. The minimum Gasteiger partial charge on any atom is -0.337 e. The second kappa shape index (κ2) is 6.72. The van der Waals surface area contributed by atoms with Crippen molar-refractivity contribution in [3.8, 4) is 0 Å². The van der Waals surface area contributed by atoms with Crippen molar-refractivity contribution in [2.45, 2.75) is 11.8 Å². The van der Waals surface area contributed by atoms with E-state index in [1.165, 1.54) is 10.4 Å². The van der Waals surface area contributed by atoms with Gasteiger partial charge in [0.1, 0.15) is 0 Å². The maximum absolute atomic E-state index is 12.6. The van der Waals surface area contributed by atoms with Gasteiger partial charge in [-0.25, -0.2) is 8.42 Å². The molecule has 7 heteroatoms. The van der Waals surface area contributed by atoms with E-state index in [0.717, 1.165) is 0 Å². The Hall–Kier alpha value is -1.18. The summed E-state index contributed by atoms with van der Waals surface area (Å²) < 4.78 is 27.2. The molecule has 1 aromatic carbocycles. The highest BCUT2D eigenvalue weighted by molar-refractivity contribution is 9.10. The fraction of sp³-hybridized carbons (Fsp3) is 0.357. The van der Waals surface area contributed by atoms with Gasteiger partial charge in [-0.05, 0) is 41.1 Å². The lowest BCUT2D eigenvalue weighted by Gasteiger charge is -2.33. The van der Waals surface area contributed by atoms with Crippen LogP contribution in [0.4, 0.5) is 0 Å². The van der Waals surface area contributed by atoms with E-state index in [1.807, 2.05) is 0 Å². The van der Waals surface area contributed by atoms with E-state index in [0.29, 0.717) is 30.7 Å². The Kier molecular flexibility index (Phi) is 5.18. The highest BCUT2D eigenvalue weighted by Crippen LogP contribution is 2.25. The molecule has 0 aliphatic carbocycles. The number of rotatable bonds is 3. The summed E-state index contributed by atoms with van der Waals surface area (Å²) in [5.74, 6) is -0.0737. The van der Waals surface area contributed by atoms with Crippen LogP contribution in [0.3, 0.4) is 0 Å². The Balaban J connectivity index is 2.12. The SMILES string of the molecule is C/C=C/C(=O)N1CCN(S(=O)(=O)c2ccccc2Br)CC1. The molecule has 21 heavy (non-hydrogen) atoms. The zero-order valence-corrected chi connectivity index (χ0v) is 14.1. The van der Waals surface area contributed by atoms with Crippen LogP contribution in [0.5, 0.6) is 0 Å². The summed E-state index contributed by atoms with van der Waals surface area (Å²) in [6, 6.07) is 6.76. The van der Waals surface area contributed by atoms with E-state index in [-0.39, 0.29) is 10.8 Å². The van der Waals surface area contributed by atoms with Crippen molar-refractivity contribution in [2.24, 2.45) is 0 Å². The van der Waals surface area contributed by atoms with E-state index in [4.69, 9.17) is 0 Å². The number of nitrogens with zero attached hydrogens (tertiary/aromatic N) is 2. The first-order valence-electron chi connectivity index (χ1n) is 6.63. The largest absolute Gasteiger partial charge is 0.337 e. The lowest BCUT2D eigenvalue weighted by molar-refractivity contribution is -0.127. The molecule has 1 aliphatic rings. The molecule has 1 aliphatic heterocycles. The first-order chi connectivity index (χ1) is 9.96. The Morgan fingerprint density at radius 1 is 1.19 bits per heavy atom. The number of carbonyl (C=O) groups excluding carboxylic acids is 1. The number of sulfonamides is 1. The molecule has 0 atom stereocenters. The van der Waals surface area contributed by atoms with Crippen LogP contribution >= 0.6 is 15.9 Å². The van der Waals surface area contributed by atoms with Gasteiger partial charge in [0.05, 0.1) is 4.90 Å². The zero-order valence-electron chi connectivity index (χ0n) is 11.7. The fourth-order valence-corrected chi connectivity index (χ4v) is 4.58. The van der Waals surface area contributed by atoms with Gasteiger partial charge in [-0.1, -0.05) is 18.2 Å². The van der Waals surface area contributed by atoms with E-state index in [1.54, 1.807) is 42.2 Å². The number of allylic oxidation sites excluding steroid dienone is 1. The van der Waals surface area contributed by atoms with Crippen LogP contribution in [0.1, 0.15) is 6.92 Å². The normalized spacial score (nSPS) is 17.3. The molecule has 0 unspecified atom stereocenters. The van der Waals surface area contributed by atoms with Crippen molar-refractivity contribution in [2.75, 3.05) is 26.2 Å². The third-order valence-electron chi connectivity index (χ3n) is 3.31. The maximum Gasteiger partial charge on any atom is 0.246 e. The first kappa shape index (κ1) is 16.2. The molecule has 0 spiro atoms. The van der Waals surface area contributed by atoms with Gasteiger partial charge in [0.15, 0.2) is 0 Å². The van der Waals surface area contributed by atoms with Crippen molar-refractivity contribution in [3.05, 3.63) is 40.9 Å². The summed E-state index contributed by atoms with van der Waals surface area (Å²) in [4.78, 5) is 13.7. The molecule has 1 fully saturated rings. The van der Waals surface area contributed by atoms with E-state index in [9.17, 15) is 13.2 Å². The molecule has 0 bridgehead atoms. The molecule has 1 aromatic rings. The fourth-order valence-electron chi connectivity index (χ4n) is 2.19. The van der Waals surface area contributed by atoms with Gasteiger partial charge in [-0.2, -0.15) is 4.31 Å². The average Bonchev–Trinajstić information content (AvgIpc) is 2.48. The van der Waals surface area contributed by atoms with Crippen molar-refractivity contribution >= 4 is 31.9 Å². The van der Waals surface area contributed by atoms with Gasteiger partial charge in [-0.15, -0.1) is 0 Å². The van der Waals surface area contributed by atoms with Crippen LogP contribution in [0.2, 0.25) is 0 Å². The number of hydrogen-bond acceptors (Lipinski definition) is 3. The summed E-state index contributed by atoms with van der Waals surface area (Å²) in [6.07, 6.45) is 3.18. The smallest absolute Gasteiger partial charge is 0.246 e. The van der Waals surface area contributed by atoms with Crippen molar-refractivity contribution < 1.29 is 13.2 Å². The molecule has 1 saturated heterocycles.